The van der Waals surface area contributed by atoms with Gasteiger partial charge >= 0.3 is 0 Å². The molecule has 1 aromatic rings. The topological polar surface area (TPSA) is 101 Å². The third-order valence-electron chi connectivity index (χ3n) is 2.27. The summed E-state index contributed by atoms with van der Waals surface area (Å²) in [5, 5.41) is 2.51. The van der Waals surface area contributed by atoms with E-state index in [1.165, 1.54) is 13.0 Å². The van der Waals surface area contributed by atoms with Gasteiger partial charge in [0, 0.05) is 26.6 Å². The predicted octanol–water partition coefficient (Wildman–Crippen LogP) is -0.440. The molecule has 0 aromatic heterocycles. The first kappa shape index (κ1) is 14.6. The Morgan fingerprint density at radius 2 is 1.94 bits per heavy atom. The van der Waals surface area contributed by atoms with Crippen LogP contribution in [0.5, 0.6) is 0 Å². The van der Waals surface area contributed by atoms with Gasteiger partial charge in [0.1, 0.15) is 0 Å². The highest BCUT2D eigenvalue weighted by Crippen LogP contribution is 2.14. The molecule has 1 rings (SSSR count). The number of rotatable bonds is 6. The van der Waals surface area contributed by atoms with Crippen LogP contribution in [-0.2, 0) is 21.4 Å². The zero-order chi connectivity index (χ0) is 13.6. The Morgan fingerprint density at radius 3 is 2.56 bits per heavy atom. The van der Waals surface area contributed by atoms with E-state index in [2.05, 4.69) is 10.0 Å². The monoisotopic (exact) mass is 271 g/mol. The van der Waals surface area contributed by atoms with E-state index in [1.807, 2.05) is 0 Å². The van der Waals surface area contributed by atoms with Crippen molar-refractivity contribution in [3.63, 3.8) is 0 Å². The molecule has 4 N–H and O–H groups in total. The number of carbonyl (C=O) groups is 1. The fourth-order valence-corrected chi connectivity index (χ4v) is 2.72. The molecular weight excluding hydrogens is 254 g/mol. The van der Waals surface area contributed by atoms with Gasteiger partial charge in [0.2, 0.25) is 15.9 Å². The molecule has 0 aliphatic carbocycles. The normalized spacial score (nSPS) is 11.2. The van der Waals surface area contributed by atoms with E-state index in [9.17, 15) is 13.2 Å². The average molecular weight is 271 g/mol. The summed E-state index contributed by atoms with van der Waals surface area (Å²) in [5.41, 5.74) is 6.05. The van der Waals surface area contributed by atoms with E-state index in [-0.39, 0.29) is 30.4 Å². The molecule has 100 valence electrons. The lowest BCUT2D eigenvalue weighted by Crippen LogP contribution is -2.34. The minimum absolute atomic E-state index is 0.140. The van der Waals surface area contributed by atoms with Crippen LogP contribution in [0.4, 0.5) is 0 Å². The Hall–Kier alpha value is -1.44. The van der Waals surface area contributed by atoms with Gasteiger partial charge < -0.3 is 11.1 Å². The number of benzene rings is 1. The number of nitrogens with two attached hydrogens (primary N) is 1. The van der Waals surface area contributed by atoms with Gasteiger partial charge in [0.15, 0.2) is 0 Å². The maximum atomic E-state index is 12.0. The van der Waals surface area contributed by atoms with Crippen LogP contribution in [0.2, 0.25) is 0 Å². The molecule has 1 amide bonds. The summed E-state index contributed by atoms with van der Waals surface area (Å²) in [6, 6.07) is 6.55. The maximum absolute atomic E-state index is 12.0. The van der Waals surface area contributed by atoms with E-state index in [0.29, 0.717) is 5.56 Å². The number of nitrogens with one attached hydrogen (secondary N) is 2. The Morgan fingerprint density at radius 1 is 1.28 bits per heavy atom. The molecule has 0 unspecified atom stereocenters. The third kappa shape index (κ3) is 4.10. The van der Waals surface area contributed by atoms with Crippen LogP contribution in [0.1, 0.15) is 12.5 Å². The number of amides is 1. The largest absolute Gasteiger partial charge is 0.355 e. The van der Waals surface area contributed by atoms with Crippen molar-refractivity contribution >= 4 is 15.9 Å². The second-order valence-corrected chi connectivity index (χ2v) is 5.43. The van der Waals surface area contributed by atoms with Gasteiger partial charge in [-0.1, -0.05) is 18.2 Å². The highest BCUT2D eigenvalue weighted by atomic mass is 32.2. The van der Waals surface area contributed by atoms with Crippen LogP contribution in [-0.4, -0.2) is 27.4 Å². The molecular formula is C11H17N3O3S. The Bertz CT molecular complexity index is 514. The molecule has 18 heavy (non-hydrogen) atoms. The molecule has 6 nitrogen and oxygen atoms in total. The van der Waals surface area contributed by atoms with E-state index < -0.39 is 10.0 Å². The lowest BCUT2D eigenvalue weighted by atomic mass is 10.2. The van der Waals surface area contributed by atoms with E-state index in [0.717, 1.165) is 0 Å². The molecule has 0 atom stereocenters. The van der Waals surface area contributed by atoms with Crippen molar-refractivity contribution in [2.45, 2.75) is 18.4 Å². The highest BCUT2D eigenvalue weighted by molar-refractivity contribution is 7.89. The zero-order valence-corrected chi connectivity index (χ0v) is 11.0. The molecule has 0 saturated heterocycles. The van der Waals surface area contributed by atoms with E-state index in [4.69, 9.17) is 5.73 Å². The number of hydrogen-bond acceptors (Lipinski definition) is 4. The van der Waals surface area contributed by atoms with Crippen molar-refractivity contribution in [1.29, 1.82) is 0 Å². The van der Waals surface area contributed by atoms with Crippen molar-refractivity contribution in [2.24, 2.45) is 5.73 Å². The summed E-state index contributed by atoms with van der Waals surface area (Å²) in [6.45, 7) is 1.92. The minimum Gasteiger partial charge on any atom is -0.355 e. The molecule has 0 bridgehead atoms. The second-order valence-electron chi connectivity index (χ2n) is 3.69. The van der Waals surface area contributed by atoms with Crippen LogP contribution in [0.25, 0.3) is 0 Å². The first-order valence-electron chi connectivity index (χ1n) is 5.49. The predicted molar refractivity (Wildman–Crippen MR) is 68.2 cm³/mol. The molecule has 1 aromatic carbocycles. The van der Waals surface area contributed by atoms with E-state index in [1.54, 1.807) is 18.2 Å². The number of sulfonamides is 1. The average Bonchev–Trinajstić information content (AvgIpc) is 2.34. The third-order valence-corrected chi connectivity index (χ3v) is 3.83. The second kappa shape index (κ2) is 6.48. The van der Waals surface area contributed by atoms with Gasteiger partial charge in [-0.2, -0.15) is 0 Å². The smallest absolute Gasteiger partial charge is 0.240 e. The van der Waals surface area contributed by atoms with Crippen LogP contribution in [0.15, 0.2) is 29.2 Å². The Kier molecular flexibility index (Phi) is 5.26. The summed E-state index contributed by atoms with van der Waals surface area (Å²) < 4.78 is 26.4. The molecule has 0 aliphatic heterocycles. The Labute approximate surface area is 107 Å². The van der Waals surface area contributed by atoms with Crippen molar-refractivity contribution in [3.8, 4) is 0 Å². The molecule has 0 aliphatic rings. The zero-order valence-electron chi connectivity index (χ0n) is 10.1. The van der Waals surface area contributed by atoms with Gasteiger partial charge in [-0.15, -0.1) is 0 Å². The van der Waals surface area contributed by atoms with Crippen LogP contribution in [0, 0.1) is 0 Å². The number of hydrogen-bond donors (Lipinski definition) is 3. The van der Waals surface area contributed by atoms with Crippen LogP contribution >= 0.6 is 0 Å². The quantitative estimate of drug-likeness (QED) is 0.610. The van der Waals surface area contributed by atoms with Gasteiger partial charge in [-0.05, 0) is 11.6 Å². The SMILES string of the molecule is CC(=O)NCCNS(=O)(=O)c1ccccc1CN. The standard InChI is InChI=1S/C11H17N3O3S/c1-9(15)13-6-7-14-18(16,17)11-5-3-2-4-10(11)8-12/h2-5,14H,6-8,12H2,1H3,(H,13,15). The Balaban J connectivity index is 2.71. The summed E-state index contributed by atoms with van der Waals surface area (Å²) in [4.78, 5) is 10.8. The van der Waals surface area contributed by atoms with Gasteiger partial charge in [0.25, 0.3) is 0 Å². The van der Waals surface area contributed by atoms with Crippen molar-refractivity contribution in [2.75, 3.05) is 13.1 Å². The summed E-state index contributed by atoms with van der Waals surface area (Å²) >= 11 is 0. The lowest BCUT2D eigenvalue weighted by Gasteiger charge is -2.10. The molecule has 0 saturated carbocycles. The number of carbonyl (C=O) groups excluding carboxylic acids is 1. The van der Waals surface area contributed by atoms with Gasteiger partial charge in [-0.3, -0.25) is 4.79 Å². The highest BCUT2D eigenvalue weighted by Gasteiger charge is 2.16. The van der Waals surface area contributed by atoms with Crippen molar-refractivity contribution in [1.82, 2.24) is 10.0 Å². The first-order valence-corrected chi connectivity index (χ1v) is 6.98. The summed E-state index contributed by atoms with van der Waals surface area (Å²) in [7, 11) is -3.58. The van der Waals surface area contributed by atoms with E-state index >= 15 is 0 Å². The molecule has 0 radical (unpaired) electrons. The summed E-state index contributed by atoms with van der Waals surface area (Å²) in [6.07, 6.45) is 0. The minimum atomic E-state index is -3.58. The van der Waals surface area contributed by atoms with Crippen LogP contribution < -0.4 is 15.8 Å². The molecule has 0 heterocycles. The van der Waals surface area contributed by atoms with Crippen molar-refractivity contribution < 1.29 is 13.2 Å². The lowest BCUT2D eigenvalue weighted by molar-refractivity contribution is -0.118. The molecule has 0 fully saturated rings. The fourth-order valence-electron chi connectivity index (χ4n) is 1.44. The van der Waals surface area contributed by atoms with Crippen molar-refractivity contribution in [3.05, 3.63) is 29.8 Å². The molecule has 7 heteroatoms. The molecule has 0 spiro atoms. The first-order chi connectivity index (χ1) is 8.47. The fraction of sp³-hybridized carbons (Fsp3) is 0.364. The van der Waals surface area contributed by atoms with Gasteiger partial charge in [0.05, 0.1) is 4.90 Å². The summed E-state index contributed by atoms with van der Waals surface area (Å²) in [5.74, 6) is -0.198. The van der Waals surface area contributed by atoms with Gasteiger partial charge in [-0.25, -0.2) is 13.1 Å². The van der Waals surface area contributed by atoms with Crippen LogP contribution in [0.3, 0.4) is 0 Å². The maximum Gasteiger partial charge on any atom is 0.240 e.